The van der Waals surface area contributed by atoms with Crippen molar-refractivity contribution in [3.8, 4) is 28.4 Å². The van der Waals surface area contributed by atoms with Gasteiger partial charge in [-0.05, 0) is 80.8 Å². The van der Waals surface area contributed by atoms with Crippen LogP contribution in [0.25, 0.3) is 32.9 Å². The smallest absolute Gasteiger partial charge is 0.200 e. The Morgan fingerprint density at radius 1 is 0.938 bits per heavy atom. The van der Waals surface area contributed by atoms with E-state index < -0.39 is 11.4 Å². The minimum Gasteiger partial charge on any atom is -0.491 e. The van der Waals surface area contributed by atoms with Crippen LogP contribution in [0.3, 0.4) is 0 Å². The van der Waals surface area contributed by atoms with Crippen molar-refractivity contribution in [3.63, 3.8) is 0 Å². The third-order valence-electron chi connectivity index (χ3n) is 8.03. The van der Waals surface area contributed by atoms with E-state index in [2.05, 4.69) is 15.3 Å². The number of halogens is 1. The monoisotopic (exact) mass is 648 g/mol. The predicted octanol–water partition coefficient (Wildman–Crippen LogP) is 7.70. The van der Waals surface area contributed by atoms with Crippen molar-refractivity contribution in [2.24, 2.45) is 0 Å². The Hall–Kier alpha value is -5.32. The first-order valence-electron chi connectivity index (χ1n) is 15.6. The number of hydrogen-bond donors (Lipinski definition) is 2. The molecule has 0 aliphatic rings. The fraction of sp³-hybridized carbons (Fsp3) is 0.237. The molecule has 0 aliphatic heterocycles. The molecule has 3 aromatic carbocycles. The van der Waals surface area contributed by atoms with Crippen LogP contribution in [0.15, 0.2) is 90.1 Å². The van der Waals surface area contributed by atoms with Crippen LogP contribution < -0.4 is 20.2 Å². The average Bonchev–Trinajstić information content (AvgIpc) is 3.06. The van der Waals surface area contributed by atoms with E-state index in [4.69, 9.17) is 14.2 Å². The number of aromatic nitrogens is 3. The Balaban J connectivity index is 1.31. The lowest BCUT2D eigenvalue weighted by molar-refractivity contribution is 0.0285. The molecule has 0 amide bonds. The molecule has 6 aromatic rings. The minimum absolute atomic E-state index is 0.0141. The van der Waals surface area contributed by atoms with Crippen LogP contribution in [0.4, 0.5) is 15.9 Å². The molecule has 9 nitrogen and oxygen atoms in total. The van der Waals surface area contributed by atoms with Crippen molar-refractivity contribution in [3.05, 3.63) is 112 Å². The number of rotatable bonds is 11. The van der Waals surface area contributed by atoms with Gasteiger partial charge in [0, 0.05) is 61.0 Å². The van der Waals surface area contributed by atoms with E-state index >= 15 is 4.39 Å². The van der Waals surface area contributed by atoms with Crippen LogP contribution in [-0.2, 0) is 11.3 Å². The Morgan fingerprint density at radius 2 is 1.75 bits per heavy atom. The van der Waals surface area contributed by atoms with Crippen LogP contribution in [0.1, 0.15) is 25.0 Å². The third-order valence-corrected chi connectivity index (χ3v) is 8.03. The summed E-state index contributed by atoms with van der Waals surface area (Å²) in [7, 11) is 1.63. The van der Waals surface area contributed by atoms with Crippen molar-refractivity contribution in [1.29, 1.82) is 0 Å². The van der Waals surface area contributed by atoms with Crippen LogP contribution in [0, 0.1) is 19.7 Å². The summed E-state index contributed by atoms with van der Waals surface area (Å²) >= 11 is 0. The second-order valence-corrected chi connectivity index (χ2v) is 12.4. The van der Waals surface area contributed by atoms with Gasteiger partial charge < -0.3 is 29.2 Å². The number of fused-ring (bicyclic) bond motifs is 2. The van der Waals surface area contributed by atoms with E-state index in [1.54, 1.807) is 69.7 Å². The average molecular weight is 649 g/mol. The maximum absolute atomic E-state index is 15.5. The van der Waals surface area contributed by atoms with E-state index in [0.717, 1.165) is 16.7 Å². The summed E-state index contributed by atoms with van der Waals surface area (Å²) in [6, 6.07) is 19.2. The summed E-state index contributed by atoms with van der Waals surface area (Å²) in [4.78, 5) is 22.9. The van der Waals surface area contributed by atoms with Crippen molar-refractivity contribution in [2.75, 3.05) is 25.6 Å². The molecule has 0 saturated heterocycles. The Kier molecular flexibility index (Phi) is 9.12. The highest BCUT2D eigenvalue weighted by Gasteiger charge is 2.18. The Bertz CT molecular complexity index is 2190. The number of aliphatic hydroxyl groups is 1. The first kappa shape index (κ1) is 32.6. The molecule has 0 fully saturated rings. The van der Waals surface area contributed by atoms with Gasteiger partial charge in [-0.15, -0.1) is 0 Å². The van der Waals surface area contributed by atoms with E-state index in [1.807, 2.05) is 42.8 Å². The summed E-state index contributed by atoms with van der Waals surface area (Å²) in [5.74, 6) is 0.679. The number of benzene rings is 3. The van der Waals surface area contributed by atoms with Gasteiger partial charge in [-0.25, -0.2) is 9.37 Å². The summed E-state index contributed by atoms with van der Waals surface area (Å²) < 4.78 is 34.6. The second kappa shape index (κ2) is 13.4. The first-order valence-corrected chi connectivity index (χ1v) is 15.6. The number of pyridine rings is 3. The molecule has 0 bridgehead atoms. The summed E-state index contributed by atoms with van der Waals surface area (Å²) in [5, 5.41) is 14.2. The Labute approximate surface area is 277 Å². The largest absolute Gasteiger partial charge is 0.491 e. The zero-order valence-corrected chi connectivity index (χ0v) is 27.5. The molecule has 3 heterocycles. The second-order valence-electron chi connectivity index (χ2n) is 12.4. The molecule has 3 aromatic heterocycles. The lowest BCUT2D eigenvalue weighted by atomic mass is 10.00. The zero-order valence-electron chi connectivity index (χ0n) is 27.5. The highest BCUT2D eigenvalue weighted by atomic mass is 19.1. The van der Waals surface area contributed by atoms with E-state index in [1.165, 1.54) is 12.1 Å². The molecule has 246 valence electrons. The van der Waals surface area contributed by atoms with Gasteiger partial charge in [0.25, 0.3) is 0 Å². The molecule has 0 atom stereocenters. The molecular weight excluding hydrogens is 611 g/mol. The summed E-state index contributed by atoms with van der Waals surface area (Å²) in [6.07, 6.45) is 5.05. The van der Waals surface area contributed by atoms with Gasteiger partial charge >= 0.3 is 0 Å². The van der Waals surface area contributed by atoms with Crippen LogP contribution in [-0.4, -0.2) is 45.6 Å². The zero-order chi connectivity index (χ0) is 34.0. The van der Waals surface area contributed by atoms with E-state index in [9.17, 15) is 9.90 Å². The van der Waals surface area contributed by atoms with Gasteiger partial charge in [-0.3, -0.25) is 9.78 Å². The standard InChI is InChI=1S/C38H37FN4O5/c1-23-6-7-25(18-24(23)2)29-21-43(16-17-46-5)32-12-14-41-37(35(32)36(29)44)42-26-8-11-34(30(39)19-26)48-33-13-15-40-31-20-27(9-10-28(31)33)47-22-38(3,4)45/h6-15,18-21,45H,16-17,22H2,1-5H3,(H,41,42). The van der Waals surface area contributed by atoms with Crippen molar-refractivity contribution >= 4 is 33.3 Å². The van der Waals surface area contributed by atoms with E-state index in [0.29, 0.717) is 63.5 Å². The quantitative estimate of drug-likeness (QED) is 0.147. The van der Waals surface area contributed by atoms with Gasteiger partial charge in [-0.1, -0.05) is 18.2 Å². The Morgan fingerprint density at radius 3 is 2.50 bits per heavy atom. The molecule has 0 unspecified atom stereocenters. The summed E-state index contributed by atoms with van der Waals surface area (Å²) in [6.45, 7) is 8.46. The number of methoxy groups -OCH3 is 1. The lowest BCUT2D eigenvalue weighted by Gasteiger charge is -2.18. The SMILES string of the molecule is COCCn1cc(-c2ccc(C)c(C)c2)c(=O)c2c(Nc3ccc(Oc4ccnc5cc(OCC(C)(C)O)ccc45)c(F)c3)nccc21. The molecular formula is C38H37FN4O5. The molecule has 48 heavy (non-hydrogen) atoms. The molecule has 0 spiro atoms. The highest BCUT2D eigenvalue weighted by molar-refractivity contribution is 5.94. The number of hydrogen-bond acceptors (Lipinski definition) is 8. The van der Waals surface area contributed by atoms with Crippen LogP contribution in [0.2, 0.25) is 0 Å². The number of ether oxygens (including phenoxy) is 3. The summed E-state index contributed by atoms with van der Waals surface area (Å²) in [5.41, 5.74) is 4.06. The van der Waals surface area contributed by atoms with Crippen molar-refractivity contribution in [1.82, 2.24) is 14.5 Å². The van der Waals surface area contributed by atoms with Gasteiger partial charge in [0.2, 0.25) is 5.43 Å². The maximum Gasteiger partial charge on any atom is 0.200 e. The maximum atomic E-state index is 15.5. The molecule has 0 saturated carbocycles. The molecule has 0 radical (unpaired) electrons. The van der Waals surface area contributed by atoms with Gasteiger partial charge in [0.05, 0.1) is 28.6 Å². The number of nitrogens with zero attached hydrogens (tertiary/aromatic N) is 3. The fourth-order valence-corrected chi connectivity index (χ4v) is 5.37. The highest BCUT2D eigenvalue weighted by Crippen LogP contribution is 2.34. The topological polar surface area (TPSA) is 108 Å². The normalized spacial score (nSPS) is 11.6. The number of aryl methyl sites for hydroxylation is 2. The fourth-order valence-electron chi connectivity index (χ4n) is 5.37. The van der Waals surface area contributed by atoms with Crippen molar-refractivity contribution in [2.45, 2.75) is 39.8 Å². The predicted molar refractivity (Wildman–Crippen MR) is 186 cm³/mol. The van der Waals surface area contributed by atoms with Gasteiger partial charge in [0.15, 0.2) is 11.6 Å². The lowest BCUT2D eigenvalue weighted by Crippen LogP contribution is -2.27. The van der Waals surface area contributed by atoms with Gasteiger partial charge in [-0.2, -0.15) is 0 Å². The molecule has 10 heteroatoms. The van der Waals surface area contributed by atoms with Crippen molar-refractivity contribution < 1.29 is 23.7 Å². The minimum atomic E-state index is -0.984. The molecule has 0 aliphatic carbocycles. The van der Waals surface area contributed by atoms with E-state index in [-0.39, 0.29) is 17.8 Å². The first-order chi connectivity index (χ1) is 23.0. The molecule has 6 rings (SSSR count). The van der Waals surface area contributed by atoms with Crippen LogP contribution in [0.5, 0.6) is 17.2 Å². The number of anilines is 2. The van der Waals surface area contributed by atoms with Gasteiger partial charge in [0.1, 0.15) is 23.9 Å². The molecule has 2 N–H and O–H groups in total. The number of nitrogens with one attached hydrogen (secondary N) is 1. The van der Waals surface area contributed by atoms with Crippen LogP contribution >= 0.6 is 0 Å². The third kappa shape index (κ3) is 7.00.